The van der Waals surface area contributed by atoms with Crippen LogP contribution in [0.4, 0.5) is 10.2 Å². The third-order valence-corrected chi connectivity index (χ3v) is 2.58. The molecule has 1 heterocycles. The summed E-state index contributed by atoms with van der Waals surface area (Å²) in [5.74, 6) is 0.0796. The average Bonchev–Trinajstić information content (AvgIpc) is 2.28. The van der Waals surface area contributed by atoms with Gasteiger partial charge in [-0.15, -0.1) is 0 Å². The van der Waals surface area contributed by atoms with E-state index in [2.05, 4.69) is 9.97 Å². The van der Waals surface area contributed by atoms with Crippen molar-refractivity contribution in [1.82, 2.24) is 9.97 Å². The Bertz CT molecular complexity index is 626. The van der Waals surface area contributed by atoms with E-state index in [4.69, 9.17) is 10.5 Å². The van der Waals surface area contributed by atoms with Crippen molar-refractivity contribution < 1.29 is 9.13 Å². The molecule has 0 fully saturated rings. The van der Waals surface area contributed by atoms with Gasteiger partial charge in [0.25, 0.3) is 0 Å². The highest BCUT2D eigenvalue weighted by Gasteiger charge is 2.14. The van der Waals surface area contributed by atoms with Crippen molar-refractivity contribution in [2.45, 2.75) is 6.92 Å². The Balaban J connectivity index is 2.76. The standard InChI is InChI=1S/C12H12FN3O2/c1-6-10(11(14)16-12(17)15-6)8-5-7(13)3-4-9(8)18-2/h3-5H,1-2H3,(H3,14,15,16,17). The molecule has 0 aliphatic rings. The van der Waals surface area contributed by atoms with Crippen LogP contribution in [0.15, 0.2) is 23.0 Å². The highest BCUT2D eigenvalue weighted by molar-refractivity contribution is 5.80. The molecule has 94 valence electrons. The van der Waals surface area contributed by atoms with Crippen LogP contribution in [0.5, 0.6) is 5.75 Å². The maximum atomic E-state index is 13.3. The number of rotatable bonds is 2. The number of nitrogens with two attached hydrogens (primary N) is 1. The molecule has 2 rings (SSSR count). The maximum Gasteiger partial charge on any atom is 0.347 e. The second kappa shape index (κ2) is 4.48. The summed E-state index contributed by atoms with van der Waals surface area (Å²) < 4.78 is 18.5. The largest absolute Gasteiger partial charge is 0.496 e. The third kappa shape index (κ3) is 2.04. The summed E-state index contributed by atoms with van der Waals surface area (Å²) >= 11 is 0. The molecular weight excluding hydrogens is 237 g/mol. The first-order chi connectivity index (χ1) is 8.52. The van der Waals surface area contributed by atoms with E-state index in [1.807, 2.05) is 0 Å². The smallest absolute Gasteiger partial charge is 0.347 e. The van der Waals surface area contributed by atoms with Crippen molar-refractivity contribution in [2.75, 3.05) is 12.8 Å². The number of aromatic amines is 1. The zero-order valence-electron chi connectivity index (χ0n) is 9.95. The Labute approximate surface area is 102 Å². The number of H-pyrrole nitrogens is 1. The molecule has 0 unspecified atom stereocenters. The lowest BCUT2D eigenvalue weighted by atomic mass is 10.0. The molecule has 18 heavy (non-hydrogen) atoms. The number of halogens is 1. The molecule has 2 aromatic rings. The van der Waals surface area contributed by atoms with Crippen LogP contribution in [0.3, 0.4) is 0 Å². The first kappa shape index (κ1) is 12.1. The number of nitrogens with one attached hydrogen (secondary N) is 1. The molecule has 1 aromatic heterocycles. The fourth-order valence-corrected chi connectivity index (χ4v) is 1.82. The molecule has 0 radical (unpaired) electrons. The molecule has 0 saturated heterocycles. The number of ether oxygens (including phenoxy) is 1. The summed E-state index contributed by atoms with van der Waals surface area (Å²) in [6.45, 7) is 1.67. The molecule has 5 nitrogen and oxygen atoms in total. The molecule has 3 N–H and O–H groups in total. The SMILES string of the molecule is COc1ccc(F)cc1-c1c(N)nc(=O)[nH]c1C. The van der Waals surface area contributed by atoms with E-state index in [0.29, 0.717) is 22.6 Å². The highest BCUT2D eigenvalue weighted by Crippen LogP contribution is 2.34. The number of hydrogen-bond acceptors (Lipinski definition) is 4. The van der Waals surface area contributed by atoms with Gasteiger partial charge in [0.2, 0.25) is 0 Å². The predicted octanol–water partition coefficient (Wildman–Crippen LogP) is 1.48. The van der Waals surface area contributed by atoms with Gasteiger partial charge in [-0.25, -0.2) is 9.18 Å². The minimum absolute atomic E-state index is 0.0418. The lowest BCUT2D eigenvalue weighted by Crippen LogP contribution is -2.15. The van der Waals surface area contributed by atoms with E-state index in [9.17, 15) is 9.18 Å². The average molecular weight is 249 g/mol. The molecule has 1 aromatic carbocycles. The van der Waals surface area contributed by atoms with Gasteiger partial charge in [0.05, 0.1) is 7.11 Å². The van der Waals surface area contributed by atoms with Crippen LogP contribution in [0.1, 0.15) is 5.69 Å². The van der Waals surface area contributed by atoms with Crippen molar-refractivity contribution in [3.05, 3.63) is 40.2 Å². The van der Waals surface area contributed by atoms with Gasteiger partial charge < -0.3 is 15.5 Å². The summed E-state index contributed by atoms with van der Waals surface area (Å²) in [6.07, 6.45) is 0. The van der Waals surface area contributed by atoms with Crippen LogP contribution in [0.25, 0.3) is 11.1 Å². The van der Waals surface area contributed by atoms with E-state index in [1.165, 1.54) is 25.3 Å². The fourth-order valence-electron chi connectivity index (χ4n) is 1.82. The number of nitrogens with zero attached hydrogens (tertiary/aromatic N) is 1. The molecule has 0 aliphatic carbocycles. The highest BCUT2D eigenvalue weighted by atomic mass is 19.1. The van der Waals surface area contributed by atoms with Gasteiger partial charge in [0, 0.05) is 16.8 Å². The molecule has 6 heteroatoms. The topological polar surface area (TPSA) is 81.0 Å². The second-order valence-electron chi connectivity index (χ2n) is 3.77. The Morgan fingerprint density at radius 3 is 2.78 bits per heavy atom. The Hall–Kier alpha value is -2.37. The number of aromatic nitrogens is 2. The summed E-state index contributed by atoms with van der Waals surface area (Å²) in [5.41, 5.74) is 6.61. The van der Waals surface area contributed by atoms with E-state index in [1.54, 1.807) is 6.92 Å². The van der Waals surface area contributed by atoms with Gasteiger partial charge in [-0.2, -0.15) is 4.98 Å². The van der Waals surface area contributed by atoms with Crippen LogP contribution in [-0.4, -0.2) is 17.1 Å². The van der Waals surface area contributed by atoms with Gasteiger partial charge >= 0.3 is 5.69 Å². The van der Waals surface area contributed by atoms with Crippen LogP contribution < -0.4 is 16.2 Å². The number of hydrogen-bond donors (Lipinski definition) is 2. The van der Waals surface area contributed by atoms with E-state index >= 15 is 0 Å². The van der Waals surface area contributed by atoms with Gasteiger partial charge in [-0.1, -0.05) is 0 Å². The van der Waals surface area contributed by atoms with Gasteiger partial charge in [-0.3, -0.25) is 0 Å². The van der Waals surface area contributed by atoms with Crippen LogP contribution in [0, 0.1) is 12.7 Å². The number of benzene rings is 1. The van der Waals surface area contributed by atoms with E-state index < -0.39 is 11.5 Å². The lowest BCUT2D eigenvalue weighted by Gasteiger charge is -2.12. The number of methoxy groups -OCH3 is 1. The number of aryl methyl sites for hydroxylation is 1. The summed E-state index contributed by atoms with van der Waals surface area (Å²) in [6, 6.07) is 4.07. The molecular formula is C12H12FN3O2. The van der Waals surface area contributed by atoms with Crippen molar-refractivity contribution in [1.29, 1.82) is 0 Å². The monoisotopic (exact) mass is 249 g/mol. The van der Waals surface area contributed by atoms with Gasteiger partial charge in [-0.05, 0) is 25.1 Å². The molecule has 0 atom stereocenters. The van der Waals surface area contributed by atoms with E-state index in [-0.39, 0.29) is 5.82 Å². The Morgan fingerprint density at radius 1 is 1.44 bits per heavy atom. The van der Waals surface area contributed by atoms with Crippen LogP contribution in [0.2, 0.25) is 0 Å². The summed E-state index contributed by atoms with van der Waals surface area (Å²) in [4.78, 5) is 17.3. The number of nitrogen functional groups attached to an aromatic ring is 1. The lowest BCUT2D eigenvalue weighted by molar-refractivity contribution is 0.415. The second-order valence-corrected chi connectivity index (χ2v) is 3.77. The minimum atomic E-state index is -0.538. The zero-order valence-corrected chi connectivity index (χ0v) is 9.95. The van der Waals surface area contributed by atoms with Crippen LogP contribution in [-0.2, 0) is 0 Å². The maximum absolute atomic E-state index is 13.3. The molecule has 0 amide bonds. The van der Waals surface area contributed by atoms with Crippen molar-refractivity contribution in [3.8, 4) is 16.9 Å². The molecule has 0 aliphatic heterocycles. The van der Waals surface area contributed by atoms with Crippen LogP contribution >= 0.6 is 0 Å². The predicted molar refractivity (Wildman–Crippen MR) is 66.0 cm³/mol. The molecule has 0 saturated carbocycles. The first-order valence-electron chi connectivity index (χ1n) is 5.23. The van der Waals surface area contributed by atoms with Crippen molar-refractivity contribution in [3.63, 3.8) is 0 Å². The summed E-state index contributed by atoms with van der Waals surface area (Å²) in [7, 11) is 1.47. The number of anilines is 1. The van der Waals surface area contributed by atoms with Gasteiger partial charge in [0.1, 0.15) is 17.4 Å². The first-order valence-corrected chi connectivity index (χ1v) is 5.23. The van der Waals surface area contributed by atoms with Crippen molar-refractivity contribution in [2.24, 2.45) is 0 Å². The fraction of sp³-hybridized carbons (Fsp3) is 0.167. The van der Waals surface area contributed by atoms with Crippen molar-refractivity contribution >= 4 is 5.82 Å². The molecule has 0 bridgehead atoms. The Kier molecular flexibility index (Phi) is 3.01. The van der Waals surface area contributed by atoms with E-state index in [0.717, 1.165) is 0 Å². The third-order valence-electron chi connectivity index (χ3n) is 2.58. The normalized spacial score (nSPS) is 10.4. The van der Waals surface area contributed by atoms with Gasteiger partial charge in [0.15, 0.2) is 0 Å². The quantitative estimate of drug-likeness (QED) is 0.844. The Morgan fingerprint density at radius 2 is 2.17 bits per heavy atom. The summed E-state index contributed by atoms with van der Waals surface area (Å²) in [5, 5.41) is 0. The minimum Gasteiger partial charge on any atom is -0.496 e. The zero-order chi connectivity index (χ0) is 13.3. The molecule has 0 spiro atoms.